The molecule has 0 heterocycles. The van der Waals surface area contributed by atoms with Crippen LogP contribution in [0, 0.1) is 5.82 Å². The van der Waals surface area contributed by atoms with E-state index >= 15 is 0 Å². The lowest BCUT2D eigenvalue weighted by Gasteiger charge is -2.23. The number of halogens is 2. The van der Waals surface area contributed by atoms with Crippen molar-refractivity contribution in [3.05, 3.63) is 34.6 Å². The Morgan fingerprint density at radius 1 is 1.46 bits per heavy atom. The lowest BCUT2D eigenvalue weighted by Crippen LogP contribution is -2.24. The van der Waals surface area contributed by atoms with Gasteiger partial charge in [0.2, 0.25) is 0 Å². The van der Waals surface area contributed by atoms with Gasteiger partial charge in [-0.15, -0.1) is 0 Å². The Hall–Kier alpha value is -0.600. The summed E-state index contributed by atoms with van der Waals surface area (Å²) in [6.07, 6.45) is 0. The summed E-state index contributed by atoms with van der Waals surface area (Å²) in [6, 6.07) is 4.52. The minimum Gasteiger partial charge on any atom is -0.395 e. The molecule has 13 heavy (non-hydrogen) atoms. The summed E-state index contributed by atoms with van der Waals surface area (Å²) in [5, 5.41) is 9.43. The number of rotatable bonds is 2. The summed E-state index contributed by atoms with van der Waals surface area (Å²) < 4.78 is 13.3. The molecule has 0 aliphatic carbocycles. The van der Waals surface area contributed by atoms with Gasteiger partial charge in [-0.05, 0) is 12.1 Å². The van der Waals surface area contributed by atoms with E-state index in [1.165, 1.54) is 6.07 Å². The quantitative estimate of drug-likeness (QED) is 0.782. The second-order valence-corrected chi connectivity index (χ2v) is 4.05. The highest BCUT2D eigenvalue weighted by atomic mass is 35.5. The molecular formula is C10H12ClFO. The number of aliphatic hydroxyl groups is 1. The van der Waals surface area contributed by atoms with Crippen molar-refractivity contribution in [3.8, 4) is 0 Å². The third-order valence-electron chi connectivity index (χ3n) is 2.03. The first-order valence-electron chi connectivity index (χ1n) is 4.04. The fourth-order valence-corrected chi connectivity index (χ4v) is 1.64. The van der Waals surface area contributed by atoms with Gasteiger partial charge in [0.1, 0.15) is 5.82 Å². The van der Waals surface area contributed by atoms with Crippen molar-refractivity contribution in [2.45, 2.75) is 19.3 Å². The first kappa shape index (κ1) is 10.5. The second-order valence-electron chi connectivity index (χ2n) is 3.64. The number of aliphatic hydroxyl groups excluding tert-OH is 1. The molecule has 1 aromatic carbocycles. The molecule has 0 saturated carbocycles. The van der Waals surface area contributed by atoms with E-state index in [0.717, 1.165) is 0 Å². The average Bonchev–Trinajstić information content (AvgIpc) is 2.03. The molecule has 0 aliphatic heterocycles. The largest absolute Gasteiger partial charge is 0.395 e. The highest BCUT2D eigenvalue weighted by Crippen LogP contribution is 2.31. The fourth-order valence-electron chi connectivity index (χ4n) is 1.22. The predicted molar refractivity (Wildman–Crippen MR) is 51.5 cm³/mol. The number of benzene rings is 1. The molecule has 0 unspecified atom stereocenters. The molecule has 0 radical (unpaired) electrons. The van der Waals surface area contributed by atoms with Crippen LogP contribution in [0.3, 0.4) is 0 Å². The highest BCUT2D eigenvalue weighted by Gasteiger charge is 2.25. The van der Waals surface area contributed by atoms with Gasteiger partial charge in [0.05, 0.1) is 6.61 Å². The Morgan fingerprint density at radius 2 is 2.08 bits per heavy atom. The molecule has 0 saturated heterocycles. The van der Waals surface area contributed by atoms with Crippen LogP contribution in [-0.2, 0) is 5.41 Å². The smallest absolute Gasteiger partial charge is 0.128 e. The van der Waals surface area contributed by atoms with Gasteiger partial charge in [-0.3, -0.25) is 0 Å². The Balaban J connectivity index is 3.28. The summed E-state index contributed by atoms with van der Waals surface area (Å²) in [6.45, 7) is 3.36. The van der Waals surface area contributed by atoms with E-state index < -0.39 is 5.41 Å². The number of hydrogen-bond donors (Lipinski definition) is 1. The minimum absolute atomic E-state index is 0.131. The molecule has 1 nitrogen and oxygen atoms in total. The SMILES string of the molecule is CC(C)(CO)c1c(F)cccc1Cl. The third kappa shape index (κ3) is 2.01. The van der Waals surface area contributed by atoms with Crippen LogP contribution in [-0.4, -0.2) is 11.7 Å². The molecule has 0 amide bonds. The standard InChI is InChI=1S/C10H12ClFO/c1-10(2,6-13)9-7(11)4-3-5-8(9)12/h3-5,13H,6H2,1-2H3. The van der Waals surface area contributed by atoms with Crippen LogP contribution >= 0.6 is 11.6 Å². The Kier molecular flexibility index (Phi) is 2.94. The molecule has 0 bridgehead atoms. The predicted octanol–water partition coefficient (Wildman–Crippen LogP) is 2.75. The summed E-state index contributed by atoms with van der Waals surface area (Å²) in [5.74, 6) is -0.369. The van der Waals surface area contributed by atoms with Crippen LogP contribution in [0.25, 0.3) is 0 Å². The van der Waals surface area contributed by atoms with Gasteiger partial charge in [-0.2, -0.15) is 0 Å². The Bertz CT molecular complexity index is 290. The second kappa shape index (κ2) is 3.64. The van der Waals surface area contributed by atoms with E-state index in [4.69, 9.17) is 16.7 Å². The molecule has 0 atom stereocenters. The first-order chi connectivity index (χ1) is 5.99. The summed E-state index contributed by atoms with van der Waals surface area (Å²) in [5.41, 5.74) is -0.262. The van der Waals surface area contributed by atoms with Gasteiger partial charge in [0.15, 0.2) is 0 Å². The first-order valence-corrected chi connectivity index (χ1v) is 4.42. The van der Waals surface area contributed by atoms with Crippen molar-refractivity contribution in [1.82, 2.24) is 0 Å². The monoisotopic (exact) mass is 202 g/mol. The molecule has 72 valence electrons. The maximum Gasteiger partial charge on any atom is 0.128 e. The molecule has 0 aliphatic rings. The Morgan fingerprint density at radius 3 is 2.54 bits per heavy atom. The molecule has 0 aromatic heterocycles. The van der Waals surface area contributed by atoms with E-state index in [1.807, 2.05) is 0 Å². The zero-order chi connectivity index (χ0) is 10.1. The van der Waals surface area contributed by atoms with E-state index in [1.54, 1.807) is 26.0 Å². The topological polar surface area (TPSA) is 20.2 Å². The molecule has 1 rings (SSSR count). The highest BCUT2D eigenvalue weighted by molar-refractivity contribution is 6.31. The van der Waals surface area contributed by atoms with Crippen LogP contribution < -0.4 is 0 Å². The van der Waals surface area contributed by atoms with Crippen molar-refractivity contribution in [2.75, 3.05) is 6.61 Å². The van der Waals surface area contributed by atoms with E-state index in [2.05, 4.69) is 0 Å². The normalized spacial score (nSPS) is 11.8. The van der Waals surface area contributed by atoms with E-state index in [0.29, 0.717) is 10.6 Å². The van der Waals surface area contributed by atoms with Crippen LogP contribution in [0.1, 0.15) is 19.4 Å². The van der Waals surface area contributed by atoms with Gasteiger partial charge in [-0.25, -0.2) is 4.39 Å². The average molecular weight is 203 g/mol. The van der Waals surface area contributed by atoms with Crippen LogP contribution in [0.15, 0.2) is 18.2 Å². The maximum absolute atomic E-state index is 13.3. The molecular weight excluding hydrogens is 191 g/mol. The lowest BCUT2D eigenvalue weighted by molar-refractivity contribution is 0.215. The van der Waals surface area contributed by atoms with Crippen molar-refractivity contribution in [1.29, 1.82) is 0 Å². The fraction of sp³-hybridized carbons (Fsp3) is 0.400. The van der Waals surface area contributed by atoms with E-state index in [9.17, 15) is 4.39 Å². The van der Waals surface area contributed by atoms with Gasteiger partial charge >= 0.3 is 0 Å². The third-order valence-corrected chi connectivity index (χ3v) is 2.35. The van der Waals surface area contributed by atoms with Crippen LogP contribution in [0.2, 0.25) is 5.02 Å². The van der Waals surface area contributed by atoms with Gasteiger partial charge in [-0.1, -0.05) is 31.5 Å². The lowest BCUT2D eigenvalue weighted by atomic mass is 9.85. The molecule has 1 aromatic rings. The van der Waals surface area contributed by atoms with Crippen molar-refractivity contribution in [2.24, 2.45) is 0 Å². The molecule has 0 fully saturated rings. The van der Waals surface area contributed by atoms with E-state index in [-0.39, 0.29) is 12.4 Å². The molecule has 3 heteroatoms. The van der Waals surface area contributed by atoms with Gasteiger partial charge in [0.25, 0.3) is 0 Å². The number of hydrogen-bond acceptors (Lipinski definition) is 1. The Labute approximate surface area is 82.2 Å². The molecule has 1 N–H and O–H groups in total. The summed E-state index contributed by atoms with van der Waals surface area (Å²) in [7, 11) is 0. The van der Waals surface area contributed by atoms with Gasteiger partial charge in [0, 0.05) is 16.0 Å². The zero-order valence-corrected chi connectivity index (χ0v) is 8.40. The summed E-state index contributed by atoms with van der Waals surface area (Å²) >= 11 is 5.84. The van der Waals surface area contributed by atoms with Gasteiger partial charge < -0.3 is 5.11 Å². The molecule has 0 spiro atoms. The minimum atomic E-state index is -0.636. The zero-order valence-electron chi connectivity index (χ0n) is 7.64. The van der Waals surface area contributed by atoms with Crippen molar-refractivity contribution >= 4 is 11.6 Å². The van der Waals surface area contributed by atoms with Crippen LogP contribution in [0.4, 0.5) is 4.39 Å². The van der Waals surface area contributed by atoms with Crippen molar-refractivity contribution < 1.29 is 9.50 Å². The van der Waals surface area contributed by atoms with Crippen molar-refractivity contribution in [3.63, 3.8) is 0 Å². The van der Waals surface area contributed by atoms with Crippen LogP contribution in [0.5, 0.6) is 0 Å². The maximum atomic E-state index is 13.3. The summed E-state index contributed by atoms with van der Waals surface area (Å²) in [4.78, 5) is 0.